The summed E-state index contributed by atoms with van der Waals surface area (Å²) in [5.41, 5.74) is 0.984. The molecule has 0 saturated heterocycles. The minimum absolute atomic E-state index is 0. The van der Waals surface area contributed by atoms with Gasteiger partial charge in [-0.25, -0.2) is 0 Å². The molecule has 0 unspecified atom stereocenters. The van der Waals surface area contributed by atoms with Gasteiger partial charge in [-0.2, -0.15) is 0 Å². The number of hydrogen-bond acceptors (Lipinski definition) is 5. The molecule has 0 aliphatic heterocycles. The van der Waals surface area contributed by atoms with Gasteiger partial charge in [0, 0.05) is 72.3 Å². The lowest BCUT2D eigenvalue weighted by atomic mass is 10.2. The van der Waals surface area contributed by atoms with Crippen molar-refractivity contribution in [2.45, 2.75) is 12.8 Å². The maximum Gasteiger partial charge on any atom is 0.241 e. The molecule has 9 heteroatoms. The van der Waals surface area contributed by atoms with Crippen LogP contribution in [0.15, 0.2) is 29.4 Å². The van der Waals surface area contributed by atoms with Gasteiger partial charge in [0.2, 0.25) is 5.91 Å². The van der Waals surface area contributed by atoms with Crippen LogP contribution >= 0.6 is 24.0 Å². The van der Waals surface area contributed by atoms with E-state index in [0.717, 1.165) is 44.8 Å². The minimum atomic E-state index is 0. The normalized spacial score (nSPS) is 11.1. The van der Waals surface area contributed by atoms with Crippen molar-refractivity contribution >= 4 is 35.8 Å². The number of carbonyl (C=O) groups is 1. The summed E-state index contributed by atoms with van der Waals surface area (Å²) in [6.07, 6.45) is 3.52. The van der Waals surface area contributed by atoms with E-state index in [0.29, 0.717) is 12.5 Å². The highest BCUT2D eigenvalue weighted by molar-refractivity contribution is 14.0. The van der Waals surface area contributed by atoms with E-state index < -0.39 is 0 Å². The van der Waals surface area contributed by atoms with Gasteiger partial charge in [0.15, 0.2) is 5.96 Å². The molecule has 0 radical (unpaired) electrons. The molecule has 1 aromatic rings. The highest BCUT2D eigenvalue weighted by Crippen LogP contribution is 1.96. The Hall–Kier alpha value is -1.46. The molecule has 28 heavy (non-hydrogen) atoms. The van der Waals surface area contributed by atoms with Crippen molar-refractivity contribution in [2.75, 3.05) is 67.6 Å². The summed E-state index contributed by atoms with van der Waals surface area (Å²) < 4.78 is 5.06. The fourth-order valence-corrected chi connectivity index (χ4v) is 2.42. The lowest BCUT2D eigenvalue weighted by Gasteiger charge is -2.20. The number of nitrogens with zero attached hydrogens (tertiary/aromatic N) is 4. The van der Waals surface area contributed by atoms with Crippen LogP contribution in [0, 0.1) is 0 Å². The number of aliphatic imine (C=N–C) groups is 1. The van der Waals surface area contributed by atoms with E-state index >= 15 is 0 Å². The van der Waals surface area contributed by atoms with Gasteiger partial charge in [-0.1, -0.05) is 6.07 Å². The van der Waals surface area contributed by atoms with E-state index in [1.807, 2.05) is 18.2 Å². The van der Waals surface area contributed by atoms with Crippen molar-refractivity contribution in [1.82, 2.24) is 25.4 Å². The number of methoxy groups -OCH3 is 1. The maximum atomic E-state index is 12.3. The molecule has 1 rings (SSSR count). The van der Waals surface area contributed by atoms with Crippen molar-refractivity contribution < 1.29 is 9.53 Å². The molecule has 0 aliphatic carbocycles. The van der Waals surface area contributed by atoms with E-state index in [9.17, 15) is 4.79 Å². The Morgan fingerprint density at radius 2 is 2.00 bits per heavy atom. The molecule has 2 N–H and O–H groups in total. The van der Waals surface area contributed by atoms with Crippen LogP contribution in [-0.2, 0) is 16.0 Å². The van der Waals surface area contributed by atoms with Gasteiger partial charge in [-0.15, -0.1) is 24.0 Å². The first-order valence-corrected chi connectivity index (χ1v) is 9.32. The fraction of sp³-hybridized carbons (Fsp3) is 0.632. The zero-order chi connectivity index (χ0) is 19.9. The quantitative estimate of drug-likeness (QED) is 0.189. The summed E-state index contributed by atoms with van der Waals surface area (Å²) in [7, 11) is 7.30. The predicted molar refractivity (Wildman–Crippen MR) is 124 cm³/mol. The van der Waals surface area contributed by atoms with E-state index in [-0.39, 0.29) is 36.4 Å². The van der Waals surface area contributed by atoms with Crippen molar-refractivity contribution in [1.29, 1.82) is 0 Å². The van der Waals surface area contributed by atoms with E-state index in [1.165, 1.54) is 0 Å². The average Bonchev–Trinajstić information content (AvgIpc) is 2.69. The summed E-state index contributed by atoms with van der Waals surface area (Å²) >= 11 is 0. The van der Waals surface area contributed by atoms with Gasteiger partial charge in [0.05, 0.1) is 6.54 Å². The van der Waals surface area contributed by atoms with Crippen molar-refractivity contribution in [3.05, 3.63) is 30.1 Å². The SMILES string of the molecule is CN=C(NCCN(C)CCCOC)NCC(=O)N(C)CCc1ccccn1.I. The van der Waals surface area contributed by atoms with Crippen molar-refractivity contribution in [2.24, 2.45) is 4.99 Å². The second kappa shape index (κ2) is 16.5. The molecule has 1 amide bonds. The molecule has 0 aromatic carbocycles. The maximum absolute atomic E-state index is 12.3. The third-order valence-electron chi connectivity index (χ3n) is 4.16. The van der Waals surface area contributed by atoms with E-state index in [2.05, 4.69) is 32.6 Å². The lowest BCUT2D eigenvalue weighted by Crippen LogP contribution is -2.45. The fourth-order valence-electron chi connectivity index (χ4n) is 2.42. The molecule has 0 atom stereocenters. The molecular formula is C19H35IN6O2. The summed E-state index contributed by atoms with van der Waals surface area (Å²) in [6.45, 7) is 4.26. The Kier molecular flexibility index (Phi) is 15.6. The number of halogens is 1. The molecule has 0 aliphatic rings. The first kappa shape index (κ1) is 26.5. The number of nitrogens with one attached hydrogen (secondary N) is 2. The number of likely N-dealkylation sites (N-methyl/N-ethyl adjacent to an activating group) is 2. The van der Waals surface area contributed by atoms with Gasteiger partial charge in [-0.3, -0.25) is 14.8 Å². The highest BCUT2D eigenvalue weighted by Gasteiger charge is 2.10. The van der Waals surface area contributed by atoms with Gasteiger partial charge in [-0.05, 0) is 25.6 Å². The predicted octanol–water partition coefficient (Wildman–Crippen LogP) is 0.834. The van der Waals surface area contributed by atoms with Gasteiger partial charge < -0.3 is 25.2 Å². The first-order valence-electron chi connectivity index (χ1n) is 9.32. The monoisotopic (exact) mass is 506 g/mol. The highest BCUT2D eigenvalue weighted by atomic mass is 127. The third kappa shape index (κ3) is 12.1. The Balaban J connectivity index is 0.00000729. The van der Waals surface area contributed by atoms with Crippen LogP contribution in [0.1, 0.15) is 12.1 Å². The Morgan fingerprint density at radius 3 is 2.64 bits per heavy atom. The largest absolute Gasteiger partial charge is 0.385 e. The molecule has 8 nitrogen and oxygen atoms in total. The van der Waals surface area contributed by atoms with Crippen LogP contribution in [0.25, 0.3) is 0 Å². The summed E-state index contributed by atoms with van der Waals surface area (Å²) in [4.78, 5) is 24.6. The number of carbonyl (C=O) groups excluding carboxylic acids is 1. The van der Waals surface area contributed by atoms with Crippen molar-refractivity contribution in [3.63, 3.8) is 0 Å². The van der Waals surface area contributed by atoms with E-state index in [1.54, 1.807) is 32.3 Å². The number of guanidine groups is 1. The number of hydrogen-bond donors (Lipinski definition) is 2. The summed E-state index contributed by atoms with van der Waals surface area (Å²) in [6, 6.07) is 5.81. The lowest BCUT2D eigenvalue weighted by molar-refractivity contribution is -0.128. The molecule has 1 heterocycles. The summed E-state index contributed by atoms with van der Waals surface area (Å²) in [5.74, 6) is 0.650. The zero-order valence-corrected chi connectivity index (χ0v) is 19.8. The van der Waals surface area contributed by atoms with E-state index in [4.69, 9.17) is 4.74 Å². The molecule has 1 aromatic heterocycles. The van der Waals surface area contributed by atoms with Crippen LogP contribution < -0.4 is 10.6 Å². The Labute approximate surface area is 186 Å². The number of ether oxygens (including phenoxy) is 1. The molecule has 0 fully saturated rings. The Bertz CT molecular complexity index is 559. The molecule has 160 valence electrons. The average molecular weight is 506 g/mol. The smallest absolute Gasteiger partial charge is 0.241 e. The van der Waals surface area contributed by atoms with Gasteiger partial charge in [0.1, 0.15) is 0 Å². The molecule has 0 bridgehead atoms. The van der Waals surface area contributed by atoms with Crippen LogP contribution in [-0.4, -0.2) is 94.2 Å². The molecule has 0 spiro atoms. The summed E-state index contributed by atoms with van der Waals surface area (Å²) in [5, 5.41) is 6.30. The third-order valence-corrected chi connectivity index (χ3v) is 4.16. The number of pyridine rings is 1. The minimum Gasteiger partial charge on any atom is -0.385 e. The van der Waals surface area contributed by atoms with Gasteiger partial charge in [0.25, 0.3) is 0 Å². The zero-order valence-electron chi connectivity index (χ0n) is 17.5. The van der Waals surface area contributed by atoms with Crippen LogP contribution in [0.2, 0.25) is 0 Å². The van der Waals surface area contributed by atoms with Crippen LogP contribution in [0.3, 0.4) is 0 Å². The van der Waals surface area contributed by atoms with Crippen molar-refractivity contribution in [3.8, 4) is 0 Å². The number of aromatic nitrogens is 1. The second-order valence-electron chi connectivity index (χ2n) is 6.39. The second-order valence-corrected chi connectivity index (χ2v) is 6.39. The van der Waals surface area contributed by atoms with Crippen LogP contribution in [0.4, 0.5) is 0 Å². The molecule has 0 saturated carbocycles. The number of amides is 1. The van der Waals surface area contributed by atoms with Gasteiger partial charge >= 0.3 is 0 Å². The molecular weight excluding hydrogens is 471 g/mol. The Morgan fingerprint density at radius 1 is 1.21 bits per heavy atom. The number of rotatable bonds is 12. The standard InChI is InChI=1S/C19H34N6O2.HI/c1-20-19(22-11-14-24(2)12-7-15-27-4)23-16-18(26)25(3)13-9-17-8-5-6-10-21-17;/h5-6,8,10H,7,9,11-16H2,1-4H3,(H2,20,22,23);1H. The first-order chi connectivity index (χ1) is 13.1. The topological polar surface area (TPSA) is 82.1 Å². The van der Waals surface area contributed by atoms with Crippen LogP contribution in [0.5, 0.6) is 0 Å².